The van der Waals surface area contributed by atoms with Gasteiger partial charge in [-0.3, -0.25) is 0 Å². The molecule has 0 radical (unpaired) electrons. The standard InChI is InChI=1S/C31H23N/c1-31(2)26-13-7-5-11-23(26)24-17-18-28-29(30(24)31)25-12-6-8-14-27(25)32(28)22-16-15-20-9-3-4-10-21(20)19-22/h3-19H,1-2H3. The summed E-state index contributed by atoms with van der Waals surface area (Å²) in [4.78, 5) is 0. The molecule has 6 aromatic rings. The van der Waals surface area contributed by atoms with Crippen LogP contribution in [0.3, 0.4) is 0 Å². The summed E-state index contributed by atoms with van der Waals surface area (Å²) in [6.07, 6.45) is 0. The molecule has 0 amide bonds. The summed E-state index contributed by atoms with van der Waals surface area (Å²) in [5.74, 6) is 0. The van der Waals surface area contributed by atoms with Gasteiger partial charge in [0.2, 0.25) is 0 Å². The highest BCUT2D eigenvalue weighted by Crippen LogP contribution is 2.53. The zero-order chi connectivity index (χ0) is 21.4. The van der Waals surface area contributed by atoms with Gasteiger partial charge in [0.15, 0.2) is 0 Å². The van der Waals surface area contributed by atoms with Gasteiger partial charge in [0.05, 0.1) is 11.0 Å². The van der Waals surface area contributed by atoms with Crippen molar-refractivity contribution in [3.05, 3.63) is 114 Å². The number of benzene rings is 5. The average molecular weight is 410 g/mol. The van der Waals surface area contributed by atoms with E-state index in [0.717, 1.165) is 0 Å². The van der Waals surface area contributed by atoms with E-state index in [9.17, 15) is 0 Å². The van der Waals surface area contributed by atoms with Crippen molar-refractivity contribution in [2.45, 2.75) is 19.3 Å². The van der Waals surface area contributed by atoms with Crippen molar-refractivity contribution in [2.75, 3.05) is 0 Å². The first kappa shape index (κ1) is 17.8. The number of hydrogen-bond donors (Lipinski definition) is 0. The molecule has 0 atom stereocenters. The molecule has 0 bridgehead atoms. The van der Waals surface area contributed by atoms with Gasteiger partial charge in [0.25, 0.3) is 0 Å². The van der Waals surface area contributed by atoms with Crippen LogP contribution in [0, 0.1) is 0 Å². The summed E-state index contributed by atoms with van der Waals surface area (Å²) >= 11 is 0. The van der Waals surface area contributed by atoms with Crippen LogP contribution in [-0.2, 0) is 5.41 Å². The molecule has 7 rings (SSSR count). The fraction of sp³-hybridized carbons (Fsp3) is 0.0968. The summed E-state index contributed by atoms with van der Waals surface area (Å²) in [5.41, 5.74) is 9.33. The lowest BCUT2D eigenvalue weighted by Gasteiger charge is -2.22. The van der Waals surface area contributed by atoms with Gasteiger partial charge in [0.1, 0.15) is 0 Å². The van der Waals surface area contributed by atoms with Gasteiger partial charge < -0.3 is 4.57 Å². The summed E-state index contributed by atoms with van der Waals surface area (Å²) < 4.78 is 2.44. The van der Waals surface area contributed by atoms with E-state index in [1.165, 1.54) is 60.5 Å². The van der Waals surface area contributed by atoms with Crippen LogP contribution in [0.15, 0.2) is 103 Å². The third-order valence-corrected chi connectivity index (χ3v) is 7.35. The van der Waals surface area contributed by atoms with E-state index in [2.05, 4.69) is 122 Å². The van der Waals surface area contributed by atoms with E-state index < -0.39 is 0 Å². The second-order valence-electron chi connectivity index (χ2n) is 9.44. The van der Waals surface area contributed by atoms with Crippen LogP contribution >= 0.6 is 0 Å². The molecule has 1 aromatic heterocycles. The fourth-order valence-electron chi connectivity index (χ4n) is 5.93. The molecule has 0 spiro atoms. The van der Waals surface area contributed by atoms with Gasteiger partial charge in [-0.15, -0.1) is 0 Å². The molecular weight excluding hydrogens is 386 g/mol. The maximum atomic E-state index is 2.44. The van der Waals surface area contributed by atoms with E-state index >= 15 is 0 Å². The van der Waals surface area contributed by atoms with E-state index in [1.54, 1.807) is 0 Å². The largest absolute Gasteiger partial charge is 0.309 e. The van der Waals surface area contributed by atoms with E-state index in [1.807, 2.05) is 0 Å². The minimum Gasteiger partial charge on any atom is -0.309 e. The number of nitrogens with zero attached hydrogens (tertiary/aromatic N) is 1. The van der Waals surface area contributed by atoms with Crippen LogP contribution in [0.4, 0.5) is 0 Å². The molecule has 152 valence electrons. The van der Waals surface area contributed by atoms with Crippen molar-refractivity contribution < 1.29 is 0 Å². The monoisotopic (exact) mass is 409 g/mol. The molecule has 0 fully saturated rings. The number of fused-ring (bicyclic) bond motifs is 8. The average Bonchev–Trinajstić information content (AvgIpc) is 3.28. The van der Waals surface area contributed by atoms with Crippen molar-refractivity contribution in [3.63, 3.8) is 0 Å². The first-order valence-electron chi connectivity index (χ1n) is 11.3. The maximum absolute atomic E-state index is 2.44. The molecule has 1 aliphatic rings. The molecule has 1 heterocycles. The third kappa shape index (κ3) is 2.18. The molecule has 5 aromatic carbocycles. The van der Waals surface area contributed by atoms with Crippen molar-refractivity contribution >= 4 is 32.6 Å². The van der Waals surface area contributed by atoms with Crippen molar-refractivity contribution in [1.29, 1.82) is 0 Å². The zero-order valence-corrected chi connectivity index (χ0v) is 18.3. The van der Waals surface area contributed by atoms with E-state index in [-0.39, 0.29) is 5.41 Å². The topological polar surface area (TPSA) is 4.93 Å². The lowest BCUT2D eigenvalue weighted by molar-refractivity contribution is 0.666. The Morgan fingerprint density at radius 1 is 0.594 bits per heavy atom. The Morgan fingerprint density at radius 2 is 1.34 bits per heavy atom. The Bertz CT molecular complexity index is 1700. The maximum Gasteiger partial charge on any atom is 0.0544 e. The van der Waals surface area contributed by atoms with Crippen LogP contribution in [0.25, 0.3) is 49.4 Å². The van der Waals surface area contributed by atoms with Crippen LogP contribution in [0.5, 0.6) is 0 Å². The molecule has 0 N–H and O–H groups in total. The highest BCUT2D eigenvalue weighted by atomic mass is 15.0. The summed E-state index contributed by atoms with van der Waals surface area (Å²) in [6.45, 7) is 4.75. The second kappa shape index (κ2) is 6.11. The lowest BCUT2D eigenvalue weighted by Crippen LogP contribution is -2.15. The minimum atomic E-state index is -0.0379. The Balaban J connectivity index is 1.64. The normalized spacial score (nSPS) is 14.2. The highest BCUT2D eigenvalue weighted by Gasteiger charge is 2.37. The molecule has 1 heteroatoms. The zero-order valence-electron chi connectivity index (χ0n) is 18.3. The van der Waals surface area contributed by atoms with E-state index in [0.29, 0.717) is 0 Å². The van der Waals surface area contributed by atoms with Gasteiger partial charge in [-0.2, -0.15) is 0 Å². The van der Waals surface area contributed by atoms with Crippen LogP contribution in [0.2, 0.25) is 0 Å². The highest BCUT2D eigenvalue weighted by molar-refractivity contribution is 6.14. The SMILES string of the molecule is CC1(C)c2ccccc2-c2ccc3c(c21)c1ccccc1n3-c1ccc2ccccc2c1. The predicted octanol–water partition coefficient (Wildman–Crippen LogP) is 8.24. The van der Waals surface area contributed by atoms with Gasteiger partial charge in [-0.1, -0.05) is 92.7 Å². The van der Waals surface area contributed by atoms with Crippen molar-refractivity contribution in [2.24, 2.45) is 0 Å². The first-order valence-corrected chi connectivity index (χ1v) is 11.3. The molecule has 0 aliphatic heterocycles. The first-order chi connectivity index (χ1) is 15.6. The van der Waals surface area contributed by atoms with Crippen molar-refractivity contribution in [1.82, 2.24) is 4.57 Å². The van der Waals surface area contributed by atoms with Crippen LogP contribution in [-0.4, -0.2) is 4.57 Å². The Labute approximate surface area is 187 Å². The van der Waals surface area contributed by atoms with Crippen LogP contribution in [0.1, 0.15) is 25.0 Å². The van der Waals surface area contributed by atoms with Gasteiger partial charge in [0, 0.05) is 21.9 Å². The molecular formula is C31H23N. The Hall–Kier alpha value is -3.84. The number of para-hydroxylation sites is 1. The number of rotatable bonds is 1. The summed E-state index contributed by atoms with van der Waals surface area (Å²) in [7, 11) is 0. The number of aromatic nitrogens is 1. The summed E-state index contributed by atoms with van der Waals surface area (Å²) in [6, 6.07) is 37.8. The van der Waals surface area contributed by atoms with Gasteiger partial charge in [-0.25, -0.2) is 0 Å². The molecule has 32 heavy (non-hydrogen) atoms. The molecule has 0 unspecified atom stereocenters. The number of hydrogen-bond acceptors (Lipinski definition) is 0. The summed E-state index contributed by atoms with van der Waals surface area (Å²) in [5, 5.41) is 5.25. The molecule has 0 saturated heterocycles. The lowest BCUT2D eigenvalue weighted by atomic mass is 9.80. The fourth-order valence-corrected chi connectivity index (χ4v) is 5.93. The molecule has 0 saturated carbocycles. The molecule has 1 aliphatic carbocycles. The molecule has 1 nitrogen and oxygen atoms in total. The van der Waals surface area contributed by atoms with Crippen LogP contribution < -0.4 is 0 Å². The van der Waals surface area contributed by atoms with E-state index in [4.69, 9.17) is 0 Å². The predicted molar refractivity (Wildman–Crippen MR) is 136 cm³/mol. The van der Waals surface area contributed by atoms with Gasteiger partial charge >= 0.3 is 0 Å². The third-order valence-electron chi connectivity index (χ3n) is 7.35. The smallest absolute Gasteiger partial charge is 0.0544 e. The Kier molecular flexibility index (Phi) is 3.40. The minimum absolute atomic E-state index is 0.0379. The van der Waals surface area contributed by atoms with Gasteiger partial charge in [-0.05, 0) is 57.3 Å². The van der Waals surface area contributed by atoms with Crippen molar-refractivity contribution in [3.8, 4) is 16.8 Å². The quantitative estimate of drug-likeness (QED) is 0.258. The second-order valence-corrected chi connectivity index (χ2v) is 9.44. The Morgan fingerprint density at radius 3 is 2.25 bits per heavy atom.